The fraction of sp³-hybridized carbons (Fsp3) is 0.750. The molecule has 4 heteroatoms. The van der Waals surface area contributed by atoms with Crippen molar-refractivity contribution in [1.29, 1.82) is 0 Å². The Hall–Kier alpha value is -1.13. The first-order valence-electron chi connectivity index (χ1n) is 9.48. The predicted molar refractivity (Wildman–Crippen MR) is 94.5 cm³/mol. The van der Waals surface area contributed by atoms with Crippen molar-refractivity contribution in [2.75, 3.05) is 19.6 Å². The van der Waals surface area contributed by atoms with E-state index in [1.165, 1.54) is 30.4 Å². The molecule has 2 unspecified atom stereocenters. The van der Waals surface area contributed by atoms with Crippen molar-refractivity contribution < 1.29 is 14.6 Å². The first-order valence-corrected chi connectivity index (χ1v) is 9.48. The number of carbonyl (C=O) groups excluding carboxylic acids is 1. The maximum atomic E-state index is 12.5. The van der Waals surface area contributed by atoms with Gasteiger partial charge in [0.25, 0.3) is 0 Å². The molecule has 0 aromatic heterocycles. The molecular weight excluding hydrogens is 302 g/mol. The average Bonchev–Trinajstić information content (AvgIpc) is 2.83. The number of nitrogens with zero attached hydrogens (tertiary/aromatic N) is 1. The van der Waals surface area contributed by atoms with Gasteiger partial charge in [-0.25, -0.2) is 0 Å². The molecule has 134 valence electrons. The summed E-state index contributed by atoms with van der Waals surface area (Å²) >= 11 is 0. The van der Waals surface area contributed by atoms with Crippen LogP contribution in [-0.2, 0) is 9.53 Å². The zero-order valence-corrected chi connectivity index (χ0v) is 15.0. The van der Waals surface area contributed by atoms with Gasteiger partial charge in [0.2, 0.25) is 0 Å². The number of esters is 1. The van der Waals surface area contributed by atoms with Crippen molar-refractivity contribution >= 4 is 5.97 Å². The molecule has 0 aromatic rings. The van der Waals surface area contributed by atoms with Gasteiger partial charge >= 0.3 is 5.97 Å². The summed E-state index contributed by atoms with van der Waals surface area (Å²) < 4.78 is 5.73. The summed E-state index contributed by atoms with van der Waals surface area (Å²) in [6.45, 7) is 7.03. The van der Waals surface area contributed by atoms with Crippen LogP contribution in [0.4, 0.5) is 0 Å². The van der Waals surface area contributed by atoms with Crippen LogP contribution < -0.4 is 0 Å². The fourth-order valence-electron chi connectivity index (χ4n) is 4.42. The smallest absolute Gasteiger partial charge is 0.311 e. The van der Waals surface area contributed by atoms with Crippen LogP contribution in [-0.4, -0.2) is 47.8 Å². The first kappa shape index (κ1) is 17.7. The minimum Gasteiger partial charge on any atom is -0.461 e. The number of aliphatic hydroxyl groups excluding tert-OH is 1. The van der Waals surface area contributed by atoms with E-state index in [4.69, 9.17) is 4.74 Å². The molecule has 2 aliphatic heterocycles. The molecule has 2 fully saturated rings. The summed E-state index contributed by atoms with van der Waals surface area (Å²) in [4.78, 5) is 14.9. The molecule has 0 saturated carbocycles. The van der Waals surface area contributed by atoms with Crippen LogP contribution >= 0.6 is 0 Å². The molecule has 0 aromatic carbocycles. The van der Waals surface area contributed by atoms with Crippen molar-refractivity contribution in [3.8, 4) is 0 Å². The first-order chi connectivity index (χ1) is 11.5. The maximum absolute atomic E-state index is 12.5. The third-order valence-corrected chi connectivity index (χ3v) is 5.77. The highest BCUT2D eigenvalue weighted by atomic mass is 16.6. The Kier molecular flexibility index (Phi) is 5.77. The van der Waals surface area contributed by atoms with Gasteiger partial charge in [-0.3, -0.25) is 4.79 Å². The second-order valence-electron chi connectivity index (χ2n) is 7.82. The van der Waals surface area contributed by atoms with Crippen LogP contribution in [0.5, 0.6) is 0 Å². The molecule has 1 aliphatic carbocycles. The summed E-state index contributed by atoms with van der Waals surface area (Å²) in [5, 5.41) is 10.8. The number of hydrogen-bond acceptors (Lipinski definition) is 4. The number of piperidine rings is 1. The standard InChI is InChI=1S/C20H31NO3/c1-14-7-6-8-15(2)12-18-19(17(22)11-14)16(20(23)24-18)13-21-9-4-3-5-10-21/h8,11,16-19,22H,3-7,9-10,12-13H2,1-2H3/t16?,17-,18+,19?/m1/s1. The highest BCUT2D eigenvalue weighted by Crippen LogP contribution is 2.37. The van der Waals surface area contributed by atoms with Crippen LogP contribution in [0.2, 0.25) is 0 Å². The van der Waals surface area contributed by atoms with Gasteiger partial charge in [0.1, 0.15) is 6.10 Å². The quantitative estimate of drug-likeness (QED) is 0.623. The molecule has 0 spiro atoms. The Balaban J connectivity index is 1.81. The molecule has 24 heavy (non-hydrogen) atoms. The lowest BCUT2D eigenvalue weighted by molar-refractivity contribution is -0.144. The maximum Gasteiger partial charge on any atom is 0.311 e. The molecule has 4 nitrogen and oxygen atoms in total. The monoisotopic (exact) mass is 333 g/mol. The Labute approximate surface area is 145 Å². The Morgan fingerprint density at radius 2 is 1.96 bits per heavy atom. The SMILES string of the molecule is CC1=C[C@@H](O)C2C(CN3CCCCC3)C(=O)O[C@H]2CC(C)=CCC1. The highest BCUT2D eigenvalue weighted by Gasteiger charge is 2.48. The minimum atomic E-state index is -0.595. The minimum absolute atomic E-state index is 0.118. The predicted octanol–water partition coefficient (Wildman–Crippen LogP) is 3.07. The summed E-state index contributed by atoms with van der Waals surface area (Å²) in [6.07, 6.45) is 9.82. The Bertz CT molecular complexity index is 519. The number of likely N-dealkylation sites (tertiary alicyclic amines) is 1. The van der Waals surface area contributed by atoms with E-state index in [0.29, 0.717) is 0 Å². The molecule has 4 atom stereocenters. The van der Waals surface area contributed by atoms with E-state index in [-0.39, 0.29) is 23.9 Å². The van der Waals surface area contributed by atoms with Gasteiger partial charge in [-0.2, -0.15) is 0 Å². The van der Waals surface area contributed by atoms with Gasteiger partial charge in [0, 0.05) is 18.9 Å². The van der Waals surface area contributed by atoms with Crippen molar-refractivity contribution in [2.24, 2.45) is 11.8 Å². The normalized spacial score (nSPS) is 35.7. The van der Waals surface area contributed by atoms with E-state index in [1.54, 1.807) is 0 Å². The molecule has 0 radical (unpaired) electrons. The Morgan fingerprint density at radius 1 is 1.21 bits per heavy atom. The highest BCUT2D eigenvalue weighted by molar-refractivity contribution is 5.76. The van der Waals surface area contributed by atoms with E-state index in [2.05, 4.69) is 24.8 Å². The van der Waals surface area contributed by atoms with Gasteiger partial charge in [-0.05, 0) is 52.6 Å². The van der Waals surface area contributed by atoms with Gasteiger partial charge in [0.15, 0.2) is 0 Å². The second kappa shape index (κ2) is 7.83. The third kappa shape index (κ3) is 4.09. The van der Waals surface area contributed by atoms with Crippen molar-refractivity contribution in [1.82, 2.24) is 4.90 Å². The molecule has 0 bridgehead atoms. The number of ether oxygens (including phenoxy) is 1. The number of fused-ring (bicyclic) bond motifs is 1. The molecule has 3 rings (SSSR count). The van der Waals surface area contributed by atoms with E-state index >= 15 is 0 Å². The lowest BCUT2D eigenvalue weighted by Gasteiger charge is -2.31. The molecule has 3 aliphatic rings. The second-order valence-corrected chi connectivity index (χ2v) is 7.82. The van der Waals surface area contributed by atoms with Crippen LogP contribution in [0, 0.1) is 11.8 Å². The molecular formula is C20H31NO3. The molecule has 2 heterocycles. The summed E-state index contributed by atoms with van der Waals surface area (Å²) in [5.74, 6) is -0.456. The zero-order valence-electron chi connectivity index (χ0n) is 15.0. The van der Waals surface area contributed by atoms with Crippen molar-refractivity contribution in [2.45, 2.75) is 64.6 Å². The van der Waals surface area contributed by atoms with E-state index in [9.17, 15) is 9.90 Å². The number of carbonyl (C=O) groups is 1. The van der Waals surface area contributed by atoms with Crippen LogP contribution in [0.15, 0.2) is 23.3 Å². The van der Waals surface area contributed by atoms with Crippen LogP contribution in [0.1, 0.15) is 52.4 Å². The van der Waals surface area contributed by atoms with Gasteiger partial charge in [-0.15, -0.1) is 0 Å². The summed E-state index contributed by atoms with van der Waals surface area (Å²) in [6, 6.07) is 0. The van der Waals surface area contributed by atoms with E-state index in [1.807, 2.05) is 6.08 Å². The number of hydrogen-bond donors (Lipinski definition) is 1. The van der Waals surface area contributed by atoms with E-state index in [0.717, 1.165) is 38.9 Å². The van der Waals surface area contributed by atoms with Gasteiger partial charge in [0.05, 0.1) is 12.0 Å². The molecule has 1 N–H and O–H groups in total. The third-order valence-electron chi connectivity index (χ3n) is 5.77. The van der Waals surface area contributed by atoms with E-state index < -0.39 is 6.10 Å². The fourth-order valence-corrected chi connectivity index (χ4v) is 4.42. The number of rotatable bonds is 2. The largest absolute Gasteiger partial charge is 0.461 e. The number of allylic oxidation sites excluding steroid dienone is 2. The van der Waals surface area contributed by atoms with Crippen LogP contribution in [0.3, 0.4) is 0 Å². The van der Waals surface area contributed by atoms with Crippen molar-refractivity contribution in [3.63, 3.8) is 0 Å². The Morgan fingerprint density at radius 3 is 2.71 bits per heavy atom. The van der Waals surface area contributed by atoms with Gasteiger partial charge in [-0.1, -0.05) is 29.7 Å². The van der Waals surface area contributed by atoms with Crippen LogP contribution in [0.25, 0.3) is 0 Å². The summed E-state index contributed by atoms with van der Waals surface area (Å²) in [7, 11) is 0. The molecule has 2 saturated heterocycles. The van der Waals surface area contributed by atoms with Crippen molar-refractivity contribution in [3.05, 3.63) is 23.3 Å². The topological polar surface area (TPSA) is 49.8 Å². The average molecular weight is 333 g/mol. The molecule has 0 amide bonds. The lowest BCUT2D eigenvalue weighted by Crippen LogP contribution is -2.41. The lowest BCUT2D eigenvalue weighted by atomic mass is 9.81. The van der Waals surface area contributed by atoms with Gasteiger partial charge < -0.3 is 14.7 Å². The number of aliphatic hydroxyl groups is 1. The zero-order chi connectivity index (χ0) is 17.1. The summed E-state index contributed by atoms with van der Waals surface area (Å²) in [5.41, 5.74) is 2.46.